The number of benzene rings is 1. The van der Waals surface area contributed by atoms with E-state index in [4.69, 9.17) is 4.74 Å². The van der Waals surface area contributed by atoms with Gasteiger partial charge >= 0.3 is 12.1 Å². The van der Waals surface area contributed by atoms with Crippen molar-refractivity contribution in [1.29, 1.82) is 0 Å². The van der Waals surface area contributed by atoms with Gasteiger partial charge in [-0.3, -0.25) is 19.3 Å². The zero-order valence-electron chi connectivity index (χ0n) is 16.2. The third-order valence-corrected chi connectivity index (χ3v) is 6.10. The second kappa shape index (κ2) is 9.78. The Hall–Kier alpha value is -2.55. The minimum absolute atomic E-state index is 0.245. The van der Waals surface area contributed by atoms with E-state index in [1.807, 2.05) is 0 Å². The van der Waals surface area contributed by atoms with Gasteiger partial charge < -0.3 is 14.8 Å². The van der Waals surface area contributed by atoms with Gasteiger partial charge in [0.15, 0.2) is 0 Å². The molecule has 2 heterocycles. The van der Waals surface area contributed by atoms with Gasteiger partial charge in [0.05, 0.1) is 24.3 Å². The fraction of sp³-hybridized carbons (Fsp3) is 0.500. The lowest BCUT2D eigenvalue weighted by Crippen LogP contribution is -2.44. The van der Waals surface area contributed by atoms with Crippen LogP contribution in [0.4, 0.5) is 4.79 Å². The average Bonchev–Trinajstić information content (AvgIpc) is 3.25. The quantitative estimate of drug-likeness (QED) is 0.391. The van der Waals surface area contributed by atoms with Gasteiger partial charge in [-0.05, 0) is 25.0 Å². The van der Waals surface area contributed by atoms with Crippen molar-refractivity contribution in [2.24, 2.45) is 0 Å². The fourth-order valence-electron chi connectivity index (χ4n) is 3.38. The van der Waals surface area contributed by atoms with Crippen molar-refractivity contribution in [2.45, 2.75) is 37.8 Å². The number of hydrogen-bond donors (Lipinski definition) is 1. The molecule has 2 aliphatic heterocycles. The molecule has 9 heteroatoms. The number of hydrogen-bond acceptors (Lipinski definition) is 7. The summed E-state index contributed by atoms with van der Waals surface area (Å²) in [5.41, 5.74) is 0.899. The Morgan fingerprint density at radius 3 is 2.45 bits per heavy atom. The Kier molecular flexibility index (Phi) is 7.13. The highest BCUT2D eigenvalue weighted by Crippen LogP contribution is 2.24. The first-order valence-corrected chi connectivity index (χ1v) is 10.7. The lowest BCUT2D eigenvalue weighted by molar-refractivity contribution is -0.148. The van der Waals surface area contributed by atoms with Crippen LogP contribution in [0, 0.1) is 0 Å². The standard InChI is InChI=1S/C20H24N2O6S/c1-27-20(26)21-15-11-29-12-16(15)28-17(23)9-3-2-6-10-22-18(24)13-7-4-5-8-14(13)19(22)25/h4-5,7-8,15-16H,2-3,6,9-12H2,1H3,(H,21,26)/t15-,16-/m1/s1. The summed E-state index contributed by atoms with van der Waals surface area (Å²) in [6.07, 6.45) is 1.30. The number of carbonyl (C=O) groups excluding carboxylic acids is 4. The van der Waals surface area contributed by atoms with E-state index in [0.29, 0.717) is 48.4 Å². The molecule has 0 bridgehead atoms. The SMILES string of the molecule is COC(=O)N[C@@H]1CSC[C@H]1OC(=O)CCCCCN1C(=O)c2ccccc2C1=O. The van der Waals surface area contributed by atoms with Crippen molar-refractivity contribution in [3.05, 3.63) is 35.4 Å². The van der Waals surface area contributed by atoms with E-state index in [1.54, 1.807) is 36.0 Å². The predicted octanol–water partition coefficient (Wildman–Crippen LogP) is 2.23. The molecule has 29 heavy (non-hydrogen) atoms. The van der Waals surface area contributed by atoms with E-state index < -0.39 is 6.09 Å². The third kappa shape index (κ3) is 5.09. The monoisotopic (exact) mass is 420 g/mol. The van der Waals surface area contributed by atoms with Crippen molar-refractivity contribution in [1.82, 2.24) is 10.2 Å². The summed E-state index contributed by atoms with van der Waals surface area (Å²) in [6, 6.07) is 6.57. The van der Waals surface area contributed by atoms with Crippen molar-refractivity contribution in [3.8, 4) is 0 Å². The van der Waals surface area contributed by atoms with Crippen LogP contribution < -0.4 is 5.32 Å². The van der Waals surface area contributed by atoms with E-state index in [0.717, 1.165) is 0 Å². The molecule has 2 aliphatic rings. The summed E-state index contributed by atoms with van der Waals surface area (Å²) >= 11 is 1.61. The maximum Gasteiger partial charge on any atom is 0.407 e. The molecule has 8 nitrogen and oxygen atoms in total. The highest BCUT2D eigenvalue weighted by Gasteiger charge is 2.34. The Balaban J connectivity index is 1.35. The van der Waals surface area contributed by atoms with E-state index >= 15 is 0 Å². The van der Waals surface area contributed by atoms with Crippen LogP contribution in [0.2, 0.25) is 0 Å². The van der Waals surface area contributed by atoms with Crippen LogP contribution in [0.1, 0.15) is 46.4 Å². The molecule has 0 saturated carbocycles. The molecule has 156 valence electrons. The number of nitrogens with one attached hydrogen (secondary N) is 1. The highest BCUT2D eigenvalue weighted by atomic mass is 32.2. The first-order chi connectivity index (χ1) is 14.0. The molecule has 3 rings (SSSR count). The number of methoxy groups -OCH3 is 1. The van der Waals surface area contributed by atoms with Gasteiger partial charge in [0, 0.05) is 24.5 Å². The Morgan fingerprint density at radius 2 is 1.79 bits per heavy atom. The van der Waals surface area contributed by atoms with Gasteiger partial charge in [0.1, 0.15) is 6.10 Å². The lowest BCUT2D eigenvalue weighted by Gasteiger charge is -2.20. The number of nitrogens with zero attached hydrogens (tertiary/aromatic N) is 1. The first kappa shape index (κ1) is 21.2. The molecule has 1 saturated heterocycles. The number of amides is 3. The van der Waals surface area contributed by atoms with E-state index in [2.05, 4.69) is 10.1 Å². The number of ether oxygens (including phenoxy) is 2. The normalized spacial score (nSPS) is 20.5. The van der Waals surface area contributed by atoms with E-state index in [1.165, 1.54) is 12.0 Å². The molecule has 0 spiro atoms. The molecule has 1 N–H and O–H groups in total. The average molecular weight is 420 g/mol. The van der Waals surface area contributed by atoms with Crippen LogP contribution in [0.5, 0.6) is 0 Å². The van der Waals surface area contributed by atoms with Crippen LogP contribution in [0.25, 0.3) is 0 Å². The molecule has 0 aromatic heterocycles. The first-order valence-electron chi connectivity index (χ1n) is 9.58. The number of esters is 1. The number of alkyl carbamates (subject to hydrolysis) is 1. The number of fused-ring (bicyclic) bond motifs is 1. The number of rotatable bonds is 8. The van der Waals surface area contributed by atoms with E-state index in [-0.39, 0.29) is 36.4 Å². The van der Waals surface area contributed by atoms with Crippen LogP contribution in [-0.4, -0.2) is 66.1 Å². The van der Waals surface area contributed by atoms with Crippen LogP contribution >= 0.6 is 11.8 Å². The lowest BCUT2D eigenvalue weighted by atomic mass is 10.1. The van der Waals surface area contributed by atoms with Crippen molar-refractivity contribution in [3.63, 3.8) is 0 Å². The molecule has 1 aromatic rings. The van der Waals surface area contributed by atoms with Gasteiger partial charge in [-0.2, -0.15) is 11.8 Å². The molecular formula is C20H24N2O6S. The van der Waals surface area contributed by atoms with Gasteiger partial charge in [-0.1, -0.05) is 18.6 Å². The summed E-state index contributed by atoms with van der Waals surface area (Å²) < 4.78 is 10.1. The second-order valence-corrected chi connectivity index (χ2v) is 8.00. The second-order valence-electron chi connectivity index (χ2n) is 6.93. The maximum absolute atomic E-state index is 12.3. The molecule has 0 unspecified atom stereocenters. The van der Waals surface area contributed by atoms with Crippen LogP contribution in [0.3, 0.4) is 0 Å². The maximum atomic E-state index is 12.3. The van der Waals surface area contributed by atoms with Gasteiger partial charge in [-0.25, -0.2) is 4.79 Å². The van der Waals surface area contributed by atoms with Gasteiger partial charge in [0.2, 0.25) is 0 Å². The largest absolute Gasteiger partial charge is 0.459 e. The Morgan fingerprint density at radius 1 is 1.10 bits per heavy atom. The Bertz CT molecular complexity index is 764. The Labute approximate surface area is 173 Å². The summed E-state index contributed by atoms with van der Waals surface area (Å²) in [7, 11) is 1.29. The molecular weight excluding hydrogens is 396 g/mol. The minimum atomic E-state index is -0.535. The number of carbonyl (C=O) groups is 4. The van der Waals surface area contributed by atoms with Crippen LogP contribution in [0.15, 0.2) is 24.3 Å². The number of thioether (sulfide) groups is 1. The summed E-state index contributed by atoms with van der Waals surface area (Å²) in [6.45, 7) is 0.339. The smallest absolute Gasteiger partial charge is 0.407 e. The molecule has 1 fully saturated rings. The summed E-state index contributed by atoms with van der Waals surface area (Å²) in [5.74, 6) is 0.490. The molecule has 1 aromatic carbocycles. The van der Waals surface area contributed by atoms with Gasteiger partial charge in [-0.15, -0.1) is 0 Å². The zero-order chi connectivity index (χ0) is 20.8. The van der Waals surface area contributed by atoms with E-state index in [9.17, 15) is 19.2 Å². The predicted molar refractivity (Wildman–Crippen MR) is 107 cm³/mol. The zero-order valence-corrected chi connectivity index (χ0v) is 17.0. The van der Waals surface area contributed by atoms with Crippen LogP contribution in [-0.2, 0) is 14.3 Å². The third-order valence-electron chi connectivity index (χ3n) is 4.94. The summed E-state index contributed by atoms with van der Waals surface area (Å²) in [4.78, 5) is 49.3. The highest BCUT2D eigenvalue weighted by molar-refractivity contribution is 7.99. The molecule has 0 radical (unpaired) electrons. The van der Waals surface area contributed by atoms with Crippen molar-refractivity contribution < 1.29 is 28.7 Å². The molecule has 0 aliphatic carbocycles. The fourth-order valence-corrected chi connectivity index (χ4v) is 4.60. The molecule has 2 atom stereocenters. The summed E-state index contributed by atoms with van der Waals surface area (Å²) in [5, 5.41) is 2.68. The minimum Gasteiger partial charge on any atom is -0.459 e. The van der Waals surface area contributed by atoms with Crippen molar-refractivity contribution in [2.75, 3.05) is 25.2 Å². The van der Waals surface area contributed by atoms with Crippen molar-refractivity contribution >= 4 is 35.6 Å². The number of imide groups is 1. The number of unbranched alkanes of at least 4 members (excludes halogenated alkanes) is 2. The van der Waals surface area contributed by atoms with Gasteiger partial charge in [0.25, 0.3) is 11.8 Å². The molecule has 3 amide bonds. The topological polar surface area (TPSA) is 102 Å².